The summed E-state index contributed by atoms with van der Waals surface area (Å²) in [5.41, 5.74) is -2.00. The average molecular weight is 228 g/mol. The van der Waals surface area contributed by atoms with Gasteiger partial charge in [0.05, 0.1) is 16.8 Å². The highest BCUT2D eigenvalue weighted by Gasteiger charge is 2.69. The Bertz CT molecular complexity index is 316. The van der Waals surface area contributed by atoms with Gasteiger partial charge in [-0.2, -0.15) is 0 Å². The fraction of sp³-hybridized carbons (Fsp3) is 1.00. The van der Waals surface area contributed by atoms with Crippen molar-refractivity contribution in [2.24, 2.45) is 5.92 Å². The molecule has 4 nitrogen and oxygen atoms in total. The Kier molecular flexibility index (Phi) is 2.05. The van der Waals surface area contributed by atoms with Crippen LogP contribution in [0.5, 0.6) is 0 Å². The zero-order valence-corrected chi connectivity index (χ0v) is 9.65. The normalized spacial score (nSPS) is 55.9. The zero-order valence-electron chi connectivity index (χ0n) is 9.65. The highest BCUT2D eigenvalue weighted by molar-refractivity contribution is 5.21. The van der Waals surface area contributed by atoms with E-state index in [0.29, 0.717) is 32.1 Å². The molecule has 0 aliphatic heterocycles. The van der Waals surface area contributed by atoms with Gasteiger partial charge in [0.1, 0.15) is 0 Å². The van der Waals surface area contributed by atoms with Crippen LogP contribution in [0.1, 0.15) is 45.4 Å². The Balaban J connectivity index is 1.85. The molecule has 4 aliphatic carbocycles. The van der Waals surface area contributed by atoms with Gasteiger partial charge in [0.15, 0.2) is 6.29 Å². The van der Waals surface area contributed by atoms with Crippen molar-refractivity contribution in [2.45, 2.75) is 68.5 Å². The summed E-state index contributed by atoms with van der Waals surface area (Å²) < 4.78 is 5.69. The number of aliphatic hydroxyl groups is 3. The maximum absolute atomic E-state index is 10.4. The molecule has 0 spiro atoms. The van der Waals surface area contributed by atoms with E-state index in [2.05, 4.69) is 0 Å². The molecular formula is C12H20O4. The maximum atomic E-state index is 10.4. The van der Waals surface area contributed by atoms with Crippen LogP contribution in [0.3, 0.4) is 0 Å². The van der Waals surface area contributed by atoms with Crippen LogP contribution >= 0.6 is 0 Å². The monoisotopic (exact) mass is 228 g/mol. The molecule has 0 aromatic rings. The van der Waals surface area contributed by atoms with Gasteiger partial charge in [-0.05, 0) is 25.2 Å². The minimum absolute atomic E-state index is 0.148. The van der Waals surface area contributed by atoms with Crippen LogP contribution in [0.15, 0.2) is 0 Å². The summed E-state index contributed by atoms with van der Waals surface area (Å²) in [7, 11) is 0. The Labute approximate surface area is 95.2 Å². The molecule has 5 unspecified atom stereocenters. The van der Waals surface area contributed by atoms with E-state index in [9.17, 15) is 15.3 Å². The van der Waals surface area contributed by atoms with Crippen molar-refractivity contribution in [1.82, 2.24) is 0 Å². The lowest BCUT2D eigenvalue weighted by molar-refractivity contribution is -0.226. The third-order valence-corrected chi connectivity index (χ3v) is 4.65. The number of rotatable bonds is 3. The third-order valence-electron chi connectivity index (χ3n) is 4.65. The minimum Gasteiger partial charge on any atom is -0.390 e. The van der Waals surface area contributed by atoms with Gasteiger partial charge in [-0.25, -0.2) is 0 Å². The summed E-state index contributed by atoms with van der Waals surface area (Å²) in [6.45, 7) is 1.86. The first-order valence-electron chi connectivity index (χ1n) is 6.19. The second-order valence-corrected chi connectivity index (χ2v) is 6.13. The molecule has 0 saturated heterocycles. The SMILES string of the molecule is CCC(O)OC12CC3CC(O)(C1)CC3(O)C2. The highest BCUT2D eigenvalue weighted by atomic mass is 16.6. The van der Waals surface area contributed by atoms with E-state index < -0.39 is 23.1 Å². The molecule has 4 rings (SSSR count). The molecule has 92 valence electrons. The average Bonchev–Trinajstić information content (AvgIpc) is 2.42. The van der Waals surface area contributed by atoms with Gasteiger partial charge in [-0.3, -0.25) is 0 Å². The lowest BCUT2D eigenvalue weighted by Crippen LogP contribution is -2.50. The van der Waals surface area contributed by atoms with Crippen LogP contribution in [0.25, 0.3) is 0 Å². The molecule has 4 saturated carbocycles. The van der Waals surface area contributed by atoms with Crippen LogP contribution in [0.4, 0.5) is 0 Å². The van der Waals surface area contributed by atoms with Gasteiger partial charge in [0.2, 0.25) is 0 Å². The van der Waals surface area contributed by atoms with Crippen LogP contribution in [0.2, 0.25) is 0 Å². The Hall–Kier alpha value is -0.160. The number of ether oxygens (including phenoxy) is 1. The van der Waals surface area contributed by atoms with E-state index in [4.69, 9.17) is 4.74 Å². The van der Waals surface area contributed by atoms with Crippen molar-refractivity contribution in [1.29, 1.82) is 0 Å². The van der Waals surface area contributed by atoms with Crippen LogP contribution in [-0.4, -0.2) is 38.4 Å². The summed E-state index contributed by atoms with van der Waals surface area (Å²) in [5, 5.41) is 30.4. The van der Waals surface area contributed by atoms with Crippen molar-refractivity contribution in [3.63, 3.8) is 0 Å². The molecule has 0 aromatic carbocycles. The van der Waals surface area contributed by atoms with Crippen molar-refractivity contribution >= 4 is 0 Å². The number of aliphatic hydroxyl groups excluding tert-OH is 1. The van der Waals surface area contributed by atoms with E-state index in [1.54, 1.807) is 0 Å². The van der Waals surface area contributed by atoms with Crippen molar-refractivity contribution in [3.05, 3.63) is 0 Å². The van der Waals surface area contributed by atoms with Crippen LogP contribution in [-0.2, 0) is 4.74 Å². The second-order valence-electron chi connectivity index (χ2n) is 6.13. The van der Waals surface area contributed by atoms with Crippen LogP contribution < -0.4 is 0 Å². The van der Waals surface area contributed by atoms with Crippen molar-refractivity contribution in [2.75, 3.05) is 0 Å². The lowest BCUT2D eigenvalue weighted by Gasteiger charge is -2.44. The summed E-state index contributed by atoms with van der Waals surface area (Å²) in [4.78, 5) is 0. The minimum atomic E-state index is -0.775. The molecule has 16 heavy (non-hydrogen) atoms. The summed E-state index contributed by atoms with van der Waals surface area (Å²) in [6, 6.07) is 0. The largest absolute Gasteiger partial charge is 0.390 e. The predicted octanol–water partition coefficient (Wildman–Crippen LogP) is 0.540. The first kappa shape index (κ1) is 11.0. The molecule has 0 heterocycles. The molecule has 4 fully saturated rings. The standard InChI is InChI=1S/C12H20O4/c1-2-9(13)16-11-4-8-3-10(14,5-11)6-12(8,15)7-11/h8-9,13-15H,2-7H2,1H3. The smallest absolute Gasteiger partial charge is 0.155 e. The molecule has 4 bridgehead atoms. The topological polar surface area (TPSA) is 69.9 Å². The van der Waals surface area contributed by atoms with Crippen LogP contribution in [0, 0.1) is 5.92 Å². The van der Waals surface area contributed by atoms with Gasteiger partial charge >= 0.3 is 0 Å². The van der Waals surface area contributed by atoms with Crippen molar-refractivity contribution in [3.8, 4) is 0 Å². The third kappa shape index (κ3) is 1.37. The number of hydrogen-bond donors (Lipinski definition) is 3. The lowest BCUT2D eigenvalue weighted by atomic mass is 9.74. The quantitative estimate of drug-likeness (QED) is 0.617. The molecule has 0 radical (unpaired) electrons. The summed E-state index contributed by atoms with van der Waals surface area (Å²) in [5.74, 6) is 0.148. The van der Waals surface area contributed by atoms with Crippen molar-refractivity contribution < 1.29 is 20.1 Å². The second kappa shape index (κ2) is 2.99. The van der Waals surface area contributed by atoms with Gasteiger partial charge in [-0.15, -0.1) is 0 Å². The van der Waals surface area contributed by atoms with Gasteiger partial charge in [0, 0.05) is 19.3 Å². The molecule has 4 aliphatic rings. The summed E-state index contributed by atoms with van der Waals surface area (Å²) >= 11 is 0. The first-order valence-corrected chi connectivity index (χ1v) is 6.19. The van der Waals surface area contributed by atoms with Gasteiger partial charge < -0.3 is 20.1 Å². The molecule has 5 atom stereocenters. The van der Waals surface area contributed by atoms with Gasteiger partial charge in [0.25, 0.3) is 0 Å². The fourth-order valence-corrected chi connectivity index (χ4v) is 4.36. The Morgan fingerprint density at radius 3 is 2.56 bits per heavy atom. The highest BCUT2D eigenvalue weighted by Crippen LogP contribution is 2.65. The Morgan fingerprint density at radius 1 is 1.25 bits per heavy atom. The van der Waals surface area contributed by atoms with E-state index in [1.807, 2.05) is 6.92 Å². The van der Waals surface area contributed by atoms with E-state index in [1.165, 1.54) is 0 Å². The molecular weight excluding hydrogens is 208 g/mol. The molecule has 3 N–H and O–H groups in total. The zero-order chi connectivity index (χ0) is 11.6. The molecule has 0 aromatic heterocycles. The predicted molar refractivity (Wildman–Crippen MR) is 56.6 cm³/mol. The first-order chi connectivity index (χ1) is 7.39. The van der Waals surface area contributed by atoms with Gasteiger partial charge in [-0.1, -0.05) is 6.92 Å². The molecule has 0 amide bonds. The maximum Gasteiger partial charge on any atom is 0.155 e. The van der Waals surface area contributed by atoms with E-state index >= 15 is 0 Å². The number of hydrogen-bond acceptors (Lipinski definition) is 4. The van der Waals surface area contributed by atoms with E-state index in [0.717, 1.165) is 6.42 Å². The Morgan fingerprint density at radius 2 is 2.00 bits per heavy atom. The van der Waals surface area contributed by atoms with E-state index in [-0.39, 0.29) is 5.92 Å². The summed E-state index contributed by atoms with van der Waals surface area (Å²) in [6.07, 6.45) is 2.87. The molecule has 4 heteroatoms. The fourth-order valence-electron chi connectivity index (χ4n) is 4.36.